The Morgan fingerprint density at radius 1 is 1.14 bits per heavy atom. The molecule has 0 N–H and O–H groups in total. The standard InChI is InChI=1S/C21H16F4N2O/c1-20(2,27-10-9-14-16(22)5-4-6-18(14)27)19(28)12-13-7-8-17(26-3)15(11-13)21(23,24)25/h4-11H,12H2,1-2H3. The number of hydrogen-bond acceptors (Lipinski definition) is 1. The van der Waals surface area contributed by atoms with E-state index in [9.17, 15) is 22.4 Å². The molecule has 3 rings (SSSR count). The van der Waals surface area contributed by atoms with Crippen LogP contribution in [0.2, 0.25) is 0 Å². The van der Waals surface area contributed by atoms with Crippen LogP contribution in [-0.2, 0) is 22.9 Å². The van der Waals surface area contributed by atoms with Crippen molar-refractivity contribution in [3.8, 4) is 0 Å². The van der Waals surface area contributed by atoms with Crippen LogP contribution in [0.5, 0.6) is 0 Å². The van der Waals surface area contributed by atoms with E-state index in [4.69, 9.17) is 6.57 Å². The van der Waals surface area contributed by atoms with Crippen LogP contribution in [0.25, 0.3) is 15.7 Å². The SMILES string of the molecule is [C-]#[N+]c1ccc(CC(=O)C(C)(C)n2ccc3c(F)cccc32)cc1C(F)(F)F. The highest BCUT2D eigenvalue weighted by molar-refractivity contribution is 5.91. The quantitative estimate of drug-likeness (QED) is 0.404. The predicted octanol–water partition coefficient (Wildman–Crippen LogP) is 5.90. The third kappa shape index (κ3) is 3.38. The van der Waals surface area contributed by atoms with Crippen molar-refractivity contribution in [2.24, 2.45) is 0 Å². The van der Waals surface area contributed by atoms with Crippen LogP contribution in [-0.4, -0.2) is 10.4 Å². The largest absolute Gasteiger partial charge is 0.407 e. The smallest absolute Gasteiger partial charge is 0.335 e. The molecule has 0 saturated heterocycles. The Kier molecular flexibility index (Phi) is 4.76. The molecule has 0 unspecified atom stereocenters. The number of carbonyl (C=O) groups excluding carboxylic acids is 1. The molecular formula is C21H16F4N2O. The Morgan fingerprint density at radius 3 is 2.50 bits per heavy atom. The maximum atomic E-state index is 13.9. The number of halogens is 4. The Labute approximate surface area is 159 Å². The zero-order chi connectivity index (χ0) is 20.7. The average molecular weight is 388 g/mol. The Hall–Kier alpha value is -3.14. The summed E-state index contributed by atoms with van der Waals surface area (Å²) in [6.45, 7) is 10.2. The molecule has 0 spiro atoms. The lowest BCUT2D eigenvalue weighted by Gasteiger charge is -2.27. The molecule has 3 aromatic rings. The molecular weight excluding hydrogens is 372 g/mol. The van der Waals surface area contributed by atoms with E-state index in [-0.39, 0.29) is 17.8 Å². The van der Waals surface area contributed by atoms with E-state index in [2.05, 4.69) is 4.85 Å². The van der Waals surface area contributed by atoms with Crippen molar-refractivity contribution in [3.05, 3.63) is 77.0 Å². The van der Waals surface area contributed by atoms with Gasteiger partial charge in [-0.3, -0.25) is 4.79 Å². The van der Waals surface area contributed by atoms with Gasteiger partial charge in [0.25, 0.3) is 0 Å². The summed E-state index contributed by atoms with van der Waals surface area (Å²) in [5, 5.41) is 0.365. The van der Waals surface area contributed by atoms with Crippen molar-refractivity contribution in [1.82, 2.24) is 4.57 Å². The van der Waals surface area contributed by atoms with E-state index in [0.29, 0.717) is 10.9 Å². The van der Waals surface area contributed by atoms with Crippen molar-refractivity contribution in [1.29, 1.82) is 0 Å². The number of fused-ring (bicyclic) bond motifs is 1. The van der Waals surface area contributed by atoms with E-state index in [0.717, 1.165) is 12.1 Å². The molecule has 0 aliphatic rings. The molecule has 3 nitrogen and oxygen atoms in total. The molecule has 2 aromatic carbocycles. The minimum absolute atomic E-state index is 0.167. The van der Waals surface area contributed by atoms with Crippen LogP contribution in [0.15, 0.2) is 48.7 Å². The van der Waals surface area contributed by atoms with Crippen LogP contribution in [0.3, 0.4) is 0 Å². The normalized spacial score (nSPS) is 12.2. The van der Waals surface area contributed by atoms with Crippen LogP contribution in [0, 0.1) is 12.4 Å². The number of nitrogens with zero attached hydrogens (tertiary/aromatic N) is 2. The predicted molar refractivity (Wildman–Crippen MR) is 97.6 cm³/mol. The number of Topliss-reactive ketones (excluding diaryl/α,β-unsaturated/α-hetero) is 1. The third-order valence-electron chi connectivity index (χ3n) is 4.82. The first kappa shape index (κ1) is 19.6. The number of rotatable bonds is 4. The highest BCUT2D eigenvalue weighted by Crippen LogP contribution is 2.37. The van der Waals surface area contributed by atoms with E-state index in [1.165, 1.54) is 18.2 Å². The zero-order valence-electron chi connectivity index (χ0n) is 15.1. The topological polar surface area (TPSA) is 26.4 Å². The van der Waals surface area contributed by atoms with Gasteiger partial charge in [0.05, 0.1) is 23.2 Å². The van der Waals surface area contributed by atoms with Gasteiger partial charge in [0.2, 0.25) is 0 Å². The van der Waals surface area contributed by atoms with E-state index < -0.39 is 28.8 Å². The summed E-state index contributed by atoms with van der Waals surface area (Å²) in [6.07, 6.45) is -3.33. The molecule has 0 saturated carbocycles. The van der Waals surface area contributed by atoms with Crippen molar-refractivity contribution in [2.75, 3.05) is 0 Å². The highest BCUT2D eigenvalue weighted by atomic mass is 19.4. The molecule has 0 bridgehead atoms. The second kappa shape index (κ2) is 6.79. The third-order valence-corrected chi connectivity index (χ3v) is 4.82. The fourth-order valence-electron chi connectivity index (χ4n) is 3.17. The van der Waals surface area contributed by atoms with Crippen molar-refractivity contribution < 1.29 is 22.4 Å². The molecule has 0 aliphatic carbocycles. The number of benzene rings is 2. The van der Waals surface area contributed by atoms with Crippen LogP contribution < -0.4 is 0 Å². The number of ketones is 1. The monoisotopic (exact) mass is 388 g/mol. The van der Waals surface area contributed by atoms with Gasteiger partial charge in [-0.1, -0.05) is 24.3 Å². The molecule has 0 amide bonds. The van der Waals surface area contributed by atoms with Crippen molar-refractivity contribution in [3.63, 3.8) is 0 Å². The molecule has 28 heavy (non-hydrogen) atoms. The summed E-state index contributed by atoms with van der Waals surface area (Å²) >= 11 is 0. The van der Waals surface area contributed by atoms with E-state index >= 15 is 0 Å². The van der Waals surface area contributed by atoms with Gasteiger partial charge in [-0.25, -0.2) is 9.24 Å². The number of aromatic nitrogens is 1. The maximum absolute atomic E-state index is 13.9. The van der Waals surface area contributed by atoms with Gasteiger partial charge in [0, 0.05) is 18.0 Å². The molecule has 1 aromatic heterocycles. The summed E-state index contributed by atoms with van der Waals surface area (Å²) in [6, 6.07) is 9.36. The van der Waals surface area contributed by atoms with Gasteiger partial charge >= 0.3 is 6.18 Å². The Bertz CT molecular complexity index is 1100. The van der Waals surface area contributed by atoms with Gasteiger partial charge < -0.3 is 4.57 Å². The first-order valence-electron chi connectivity index (χ1n) is 8.42. The van der Waals surface area contributed by atoms with Crippen molar-refractivity contribution in [2.45, 2.75) is 32.0 Å². The lowest BCUT2D eigenvalue weighted by molar-refractivity contribution is -0.137. The molecule has 0 aliphatic heterocycles. The van der Waals surface area contributed by atoms with Crippen LogP contribution >= 0.6 is 0 Å². The number of alkyl halides is 3. The van der Waals surface area contributed by atoms with Gasteiger partial charge in [-0.2, -0.15) is 13.2 Å². The summed E-state index contributed by atoms with van der Waals surface area (Å²) in [4.78, 5) is 15.8. The molecule has 144 valence electrons. The lowest BCUT2D eigenvalue weighted by atomic mass is 9.92. The summed E-state index contributed by atoms with van der Waals surface area (Å²) in [5.74, 6) is -0.748. The average Bonchev–Trinajstić information content (AvgIpc) is 3.07. The number of carbonyl (C=O) groups is 1. The molecule has 1 heterocycles. The molecule has 0 atom stereocenters. The minimum atomic E-state index is -4.68. The molecule has 0 fully saturated rings. The Morgan fingerprint density at radius 2 is 1.86 bits per heavy atom. The second-order valence-electron chi connectivity index (χ2n) is 6.98. The lowest BCUT2D eigenvalue weighted by Crippen LogP contribution is -2.36. The minimum Gasteiger partial charge on any atom is -0.335 e. The van der Waals surface area contributed by atoms with Crippen molar-refractivity contribution >= 4 is 22.4 Å². The first-order valence-corrected chi connectivity index (χ1v) is 8.42. The maximum Gasteiger partial charge on any atom is 0.407 e. The fraction of sp³-hybridized carbons (Fsp3) is 0.238. The van der Waals surface area contributed by atoms with Gasteiger partial charge in [-0.15, -0.1) is 0 Å². The Balaban J connectivity index is 1.96. The van der Waals surface area contributed by atoms with Gasteiger partial charge in [-0.05, 0) is 37.6 Å². The summed E-state index contributed by atoms with van der Waals surface area (Å²) in [7, 11) is 0. The van der Waals surface area contributed by atoms with E-state index in [1.54, 1.807) is 36.7 Å². The first-order chi connectivity index (χ1) is 13.1. The van der Waals surface area contributed by atoms with E-state index in [1.807, 2.05) is 0 Å². The zero-order valence-corrected chi connectivity index (χ0v) is 15.1. The van der Waals surface area contributed by atoms with Gasteiger partial charge in [0.1, 0.15) is 5.82 Å². The summed E-state index contributed by atoms with van der Waals surface area (Å²) in [5.41, 5.74) is -1.97. The summed E-state index contributed by atoms with van der Waals surface area (Å²) < 4.78 is 55.0. The molecule has 0 radical (unpaired) electrons. The number of hydrogen-bond donors (Lipinski definition) is 0. The fourth-order valence-corrected chi connectivity index (χ4v) is 3.17. The second-order valence-corrected chi connectivity index (χ2v) is 6.98. The molecule has 7 heteroatoms. The van der Waals surface area contributed by atoms with Crippen LogP contribution in [0.4, 0.5) is 23.2 Å². The highest BCUT2D eigenvalue weighted by Gasteiger charge is 2.35. The van der Waals surface area contributed by atoms with Gasteiger partial charge in [0.15, 0.2) is 11.5 Å². The van der Waals surface area contributed by atoms with Crippen LogP contribution in [0.1, 0.15) is 25.0 Å².